The molecule has 0 aliphatic rings. The molecular formula is C11H11N3O3S. The van der Waals surface area contributed by atoms with E-state index < -0.39 is 11.5 Å². The predicted molar refractivity (Wildman–Crippen MR) is 67.6 cm³/mol. The second kappa shape index (κ2) is 5.11. The van der Waals surface area contributed by atoms with E-state index in [1.165, 1.54) is 21.9 Å². The summed E-state index contributed by atoms with van der Waals surface area (Å²) in [5.74, 6) is -0.616. The number of thiazole rings is 1. The lowest BCUT2D eigenvalue weighted by Crippen LogP contribution is -2.31. The largest absolute Gasteiger partial charge is 0.282 e. The fourth-order valence-electron chi connectivity index (χ4n) is 1.26. The lowest BCUT2D eigenvalue weighted by molar-refractivity contribution is 0.0399. The monoisotopic (exact) mass is 265 g/mol. The molecule has 18 heavy (non-hydrogen) atoms. The summed E-state index contributed by atoms with van der Waals surface area (Å²) in [5, 5.41) is 1.73. The number of hydroxylamine groups is 1. The first-order valence-corrected chi connectivity index (χ1v) is 5.99. The van der Waals surface area contributed by atoms with Gasteiger partial charge in [0.05, 0.1) is 6.61 Å². The van der Waals surface area contributed by atoms with Crippen molar-refractivity contribution in [3.8, 4) is 0 Å². The molecule has 2 aromatic heterocycles. The minimum Gasteiger partial charge on any atom is -0.269 e. The third-order valence-corrected chi connectivity index (χ3v) is 2.84. The molecule has 2 aromatic rings. The van der Waals surface area contributed by atoms with Crippen LogP contribution in [0.1, 0.15) is 17.3 Å². The van der Waals surface area contributed by atoms with Crippen LogP contribution in [0.3, 0.4) is 0 Å². The lowest BCUT2D eigenvalue weighted by atomic mass is 10.3. The van der Waals surface area contributed by atoms with Crippen LogP contribution < -0.4 is 11.0 Å². The molecule has 0 radical (unpaired) electrons. The molecule has 94 valence electrons. The quantitative estimate of drug-likeness (QED) is 0.661. The number of nitrogens with one attached hydrogen (secondary N) is 1. The van der Waals surface area contributed by atoms with E-state index in [-0.39, 0.29) is 12.2 Å². The van der Waals surface area contributed by atoms with Crippen molar-refractivity contribution in [1.29, 1.82) is 0 Å². The Labute approximate surface area is 106 Å². The van der Waals surface area contributed by atoms with Gasteiger partial charge in [0.2, 0.25) is 0 Å². The van der Waals surface area contributed by atoms with Crippen LogP contribution in [-0.2, 0) is 4.84 Å². The van der Waals surface area contributed by atoms with Crippen molar-refractivity contribution in [3.63, 3.8) is 0 Å². The SMILES string of the molecule is C=C(C)CONC(=O)c1cnc2sccn2c1=O. The standard InChI is InChI=1S/C11H11N3O3S/c1-7(2)6-17-13-9(15)8-5-12-11-14(10(8)16)3-4-18-11/h3-5H,1,6H2,2H3,(H,13,15). The first-order valence-electron chi connectivity index (χ1n) is 5.11. The van der Waals surface area contributed by atoms with Gasteiger partial charge in [0.15, 0.2) is 4.96 Å². The first-order chi connectivity index (χ1) is 8.59. The zero-order valence-corrected chi connectivity index (χ0v) is 10.5. The molecule has 0 fully saturated rings. The van der Waals surface area contributed by atoms with Crippen molar-refractivity contribution in [2.75, 3.05) is 6.61 Å². The molecule has 0 spiro atoms. The van der Waals surface area contributed by atoms with Crippen LogP contribution in [0.15, 0.2) is 34.7 Å². The normalized spacial score (nSPS) is 10.5. The Kier molecular flexibility index (Phi) is 3.54. The van der Waals surface area contributed by atoms with Gasteiger partial charge in [-0.1, -0.05) is 12.2 Å². The summed E-state index contributed by atoms with van der Waals surface area (Å²) in [6.45, 7) is 5.58. The van der Waals surface area contributed by atoms with Crippen LogP contribution in [0.4, 0.5) is 0 Å². The molecule has 0 unspecified atom stereocenters. The van der Waals surface area contributed by atoms with Gasteiger partial charge in [0, 0.05) is 17.8 Å². The van der Waals surface area contributed by atoms with E-state index in [1.807, 2.05) is 0 Å². The summed E-state index contributed by atoms with van der Waals surface area (Å²) in [7, 11) is 0. The Morgan fingerprint density at radius 3 is 3.17 bits per heavy atom. The van der Waals surface area contributed by atoms with E-state index in [0.29, 0.717) is 4.96 Å². The van der Waals surface area contributed by atoms with E-state index in [1.54, 1.807) is 18.5 Å². The molecule has 0 atom stereocenters. The molecular weight excluding hydrogens is 254 g/mol. The third-order valence-electron chi connectivity index (χ3n) is 2.07. The molecule has 0 saturated carbocycles. The minimum atomic E-state index is -0.616. The summed E-state index contributed by atoms with van der Waals surface area (Å²) in [4.78, 5) is 33.1. The maximum absolute atomic E-state index is 11.9. The van der Waals surface area contributed by atoms with Crippen molar-refractivity contribution in [1.82, 2.24) is 14.9 Å². The molecule has 0 aliphatic heterocycles. The summed E-state index contributed by atoms with van der Waals surface area (Å²) in [5.41, 5.74) is 2.46. The minimum absolute atomic E-state index is 0.0624. The number of aromatic nitrogens is 2. The number of hydrogen-bond acceptors (Lipinski definition) is 5. The van der Waals surface area contributed by atoms with Gasteiger partial charge in [-0.2, -0.15) is 0 Å². The Bertz CT molecular complexity index is 659. The Morgan fingerprint density at radius 2 is 2.44 bits per heavy atom. The fraction of sp³-hybridized carbons (Fsp3) is 0.182. The van der Waals surface area contributed by atoms with Gasteiger partial charge in [-0.25, -0.2) is 10.5 Å². The van der Waals surface area contributed by atoms with Gasteiger partial charge in [0.1, 0.15) is 5.56 Å². The van der Waals surface area contributed by atoms with Crippen molar-refractivity contribution in [2.45, 2.75) is 6.92 Å². The van der Waals surface area contributed by atoms with Gasteiger partial charge in [-0.05, 0) is 6.92 Å². The van der Waals surface area contributed by atoms with Crippen molar-refractivity contribution >= 4 is 22.2 Å². The Balaban J connectivity index is 2.20. The Morgan fingerprint density at radius 1 is 1.67 bits per heavy atom. The Hall–Kier alpha value is -1.99. The van der Waals surface area contributed by atoms with E-state index >= 15 is 0 Å². The van der Waals surface area contributed by atoms with Gasteiger partial charge in [-0.15, -0.1) is 11.3 Å². The van der Waals surface area contributed by atoms with Crippen molar-refractivity contribution < 1.29 is 9.63 Å². The van der Waals surface area contributed by atoms with E-state index in [9.17, 15) is 9.59 Å². The maximum atomic E-state index is 11.9. The summed E-state index contributed by atoms with van der Waals surface area (Å²) < 4.78 is 1.32. The highest BCUT2D eigenvalue weighted by Crippen LogP contribution is 2.05. The van der Waals surface area contributed by atoms with Crippen LogP contribution in [0, 0.1) is 0 Å². The molecule has 1 amide bonds. The molecule has 0 aliphatic carbocycles. The van der Waals surface area contributed by atoms with Crippen LogP contribution in [0.5, 0.6) is 0 Å². The zero-order chi connectivity index (χ0) is 13.1. The number of amides is 1. The molecule has 6 nitrogen and oxygen atoms in total. The van der Waals surface area contributed by atoms with Crippen LogP contribution in [0.2, 0.25) is 0 Å². The maximum Gasteiger partial charge on any atom is 0.282 e. The molecule has 1 N–H and O–H groups in total. The lowest BCUT2D eigenvalue weighted by Gasteiger charge is -2.04. The van der Waals surface area contributed by atoms with Crippen LogP contribution in [-0.4, -0.2) is 21.9 Å². The zero-order valence-electron chi connectivity index (χ0n) is 9.67. The summed E-state index contributed by atoms with van der Waals surface area (Å²) in [6, 6.07) is 0. The number of carbonyl (C=O) groups excluding carboxylic acids is 1. The molecule has 2 rings (SSSR count). The van der Waals surface area contributed by atoms with Crippen LogP contribution >= 0.6 is 11.3 Å². The number of rotatable bonds is 4. The third kappa shape index (κ3) is 2.47. The van der Waals surface area contributed by atoms with E-state index in [0.717, 1.165) is 5.57 Å². The highest BCUT2D eigenvalue weighted by Gasteiger charge is 2.13. The van der Waals surface area contributed by atoms with Gasteiger partial charge in [-0.3, -0.25) is 18.8 Å². The fourth-order valence-corrected chi connectivity index (χ4v) is 1.94. The highest BCUT2D eigenvalue weighted by molar-refractivity contribution is 7.15. The number of carbonyl (C=O) groups is 1. The second-order valence-electron chi connectivity index (χ2n) is 3.71. The smallest absolute Gasteiger partial charge is 0.269 e. The molecule has 2 heterocycles. The number of fused-ring (bicyclic) bond motifs is 1. The predicted octanol–water partition coefficient (Wildman–Crippen LogP) is 0.994. The summed E-state index contributed by atoms with van der Waals surface area (Å²) in [6.07, 6.45) is 2.81. The topological polar surface area (TPSA) is 72.7 Å². The van der Waals surface area contributed by atoms with Gasteiger partial charge < -0.3 is 0 Å². The first kappa shape index (κ1) is 12.5. The van der Waals surface area contributed by atoms with Crippen LogP contribution in [0.25, 0.3) is 4.96 Å². The van der Waals surface area contributed by atoms with Crippen molar-refractivity contribution in [2.24, 2.45) is 0 Å². The van der Waals surface area contributed by atoms with E-state index in [4.69, 9.17) is 4.84 Å². The number of hydrogen-bond donors (Lipinski definition) is 1. The second-order valence-corrected chi connectivity index (χ2v) is 4.58. The highest BCUT2D eigenvalue weighted by atomic mass is 32.1. The molecule has 0 aromatic carbocycles. The molecule has 0 saturated heterocycles. The average molecular weight is 265 g/mol. The van der Waals surface area contributed by atoms with Crippen molar-refractivity contribution in [3.05, 3.63) is 45.8 Å². The number of nitrogens with zero attached hydrogens (tertiary/aromatic N) is 2. The average Bonchev–Trinajstić information content (AvgIpc) is 2.77. The van der Waals surface area contributed by atoms with Gasteiger partial charge in [0.25, 0.3) is 11.5 Å². The molecule has 0 bridgehead atoms. The molecule has 7 heteroatoms. The van der Waals surface area contributed by atoms with Gasteiger partial charge >= 0.3 is 0 Å². The summed E-state index contributed by atoms with van der Waals surface area (Å²) >= 11 is 1.32. The van der Waals surface area contributed by atoms with E-state index in [2.05, 4.69) is 17.0 Å².